The minimum Gasteiger partial charge on any atom is -0.347 e. The Hall–Kier alpha value is -2.48. The Morgan fingerprint density at radius 3 is 2.23 bits per heavy atom. The largest absolute Gasteiger partial charge is 0.347 e. The molecule has 0 spiro atoms. The Bertz CT molecular complexity index is 995. The van der Waals surface area contributed by atoms with Gasteiger partial charge in [0, 0.05) is 10.4 Å². The van der Waals surface area contributed by atoms with Crippen molar-refractivity contribution in [2.24, 2.45) is 0 Å². The Labute approximate surface area is 156 Å². The second kappa shape index (κ2) is 7.82. The zero-order valence-electron chi connectivity index (χ0n) is 14.1. The van der Waals surface area contributed by atoms with Gasteiger partial charge in [-0.3, -0.25) is 4.79 Å². The number of amides is 1. The highest BCUT2D eigenvalue weighted by atomic mass is 32.2. The van der Waals surface area contributed by atoms with Crippen molar-refractivity contribution < 1.29 is 13.2 Å². The van der Waals surface area contributed by atoms with E-state index in [1.807, 2.05) is 42.5 Å². The van der Waals surface area contributed by atoms with Crippen LogP contribution in [0.2, 0.25) is 0 Å². The smallest absolute Gasteiger partial charge is 0.251 e. The molecule has 0 aliphatic rings. The molecule has 2 aromatic carbocycles. The summed E-state index contributed by atoms with van der Waals surface area (Å²) in [5.74, 6) is -0.198. The first-order chi connectivity index (χ1) is 12.5. The lowest BCUT2D eigenvalue weighted by molar-refractivity contribution is 0.0951. The molecular weight excluding hydrogens is 368 g/mol. The summed E-state index contributed by atoms with van der Waals surface area (Å²) in [5, 5.41) is 2.81. The summed E-state index contributed by atoms with van der Waals surface area (Å²) < 4.78 is 26.0. The molecule has 7 heteroatoms. The summed E-state index contributed by atoms with van der Waals surface area (Å²) in [7, 11) is -2.07. The Balaban J connectivity index is 1.64. The van der Waals surface area contributed by atoms with Crippen LogP contribution in [-0.4, -0.2) is 21.4 Å². The number of carbonyl (C=O) groups is 1. The molecule has 1 aromatic heterocycles. The van der Waals surface area contributed by atoms with Crippen molar-refractivity contribution in [1.29, 1.82) is 0 Å². The molecule has 0 radical (unpaired) electrons. The zero-order chi connectivity index (χ0) is 18.6. The average molecular weight is 386 g/mol. The maximum absolute atomic E-state index is 12.3. The van der Waals surface area contributed by atoms with Crippen molar-refractivity contribution in [1.82, 2.24) is 10.0 Å². The van der Waals surface area contributed by atoms with Crippen molar-refractivity contribution in [3.05, 3.63) is 77.2 Å². The molecule has 134 valence electrons. The zero-order valence-corrected chi connectivity index (χ0v) is 15.7. The van der Waals surface area contributed by atoms with E-state index in [4.69, 9.17) is 0 Å². The van der Waals surface area contributed by atoms with Gasteiger partial charge in [-0.2, -0.15) is 0 Å². The predicted molar refractivity (Wildman–Crippen MR) is 104 cm³/mol. The number of carbonyl (C=O) groups excluding carboxylic acids is 1. The highest BCUT2D eigenvalue weighted by Gasteiger charge is 2.14. The first-order valence-corrected chi connectivity index (χ1v) is 10.3. The number of benzene rings is 2. The van der Waals surface area contributed by atoms with Crippen LogP contribution in [0.15, 0.2) is 70.9 Å². The molecule has 3 rings (SSSR count). The second-order valence-electron chi connectivity index (χ2n) is 5.55. The van der Waals surface area contributed by atoms with E-state index in [2.05, 4.69) is 10.0 Å². The number of hydrogen-bond donors (Lipinski definition) is 2. The van der Waals surface area contributed by atoms with Crippen molar-refractivity contribution >= 4 is 27.3 Å². The van der Waals surface area contributed by atoms with Gasteiger partial charge < -0.3 is 5.32 Å². The quantitative estimate of drug-likeness (QED) is 0.683. The van der Waals surface area contributed by atoms with Gasteiger partial charge in [0.15, 0.2) is 0 Å². The van der Waals surface area contributed by atoms with Crippen molar-refractivity contribution in [2.75, 3.05) is 7.05 Å². The van der Waals surface area contributed by atoms with Gasteiger partial charge in [0.05, 0.1) is 6.54 Å². The van der Waals surface area contributed by atoms with Crippen LogP contribution in [0.4, 0.5) is 0 Å². The van der Waals surface area contributed by atoms with Gasteiger partial charge in [-0.05, 0) is 42.4 Å². The lowest BCUT2D eigenvalue weighted by Crippen LogP contribution is -2.22. The summed E-state index contributed by atoms with van der Waals surface area (Å²) in [5.41, 5.74) is 2.70. The lowest BCUT2D eigenvalue weighted by atomic mass is 10.0. The fourth-order valence-corrected chi connectivity index (χ4v) is 4.55. The van der Waals surface area contributed by atoms with Crippen molar-refractivity contribution in [2.45, 2.75) is 10.8 Å². The van der Waals surface area contributed by atoms with Gasteiger partial charge in [0.25, 0.3) is 5.91 Å². The molecule has 0 saturated heterocycles. The summed E-state index contributed by atoms with van der Waals surface area (Å²) >= 11 is 1.14. The molecule has 0 aliphatic carbocycles. The first-order valence-electron chi connectivity index (χ1n) is 7.95. The Morgan fingerprint density at radius 1 is 0.923 bits per heavy atom. The normalized spacial score (nSPS) is 11.3. The van der Waals surface area contributed by atoms with Crippen LogP contribution in [0.5, 0.6) is 0 Å². The van der Waals surface area contributed by atoms with Crippen LogP contribution in [0.25, 0.3) is 11.1 Å². The summed E-state index contributed by atoms with van der Waals surface area (Å²) in [6.07, 6.45) is 0. The minimum absolute atomic E-state index is 0.198. The molecule has 2 N–H and O–H groups in total. The van der Waals surface area contributed by atoms with Crippen LogP contribution < -0.4 is 10.0 Å². The number of rotatable bonds is 6. The summed E-state index contributed by atoms with van der Waals surface area (Å²) in [6.45, 7) is 0.281. The fourth-order valence-electron chi connectivity index (χ4n) is 2.41. The molecule has 5 nitrogen and oxygen atoms in total. The third-order valence-corrected chi connectivity index (χ3v) is 6.84. The first kappa shape index (κ1) is 18.3. The molecule has 0 bridgehead atoms. The second-order valence-corrected chi connectivity index (χ2v) is 8.84. The monoisotopic (exact) mass is 386 g/mol. The number of hydrogen-bond acceptors (Lipinski definition) is 4. The van der Waals surface area contributed by atoms with Crippen LogP contribution >= 0.6 is 11.3 Å². The highest BCUT2D eigenvalue weighted by Crippen LogP contribution is 2.22. The third-order valence-electron chi connectivity index (χ3n) is 3.85. The van der Waals surface area contributed by atoms with Crippen molar-refractivity contribution in [3.63, 3.8) is 0 Å². The van der Waals surface area contributed by atoms with Crippen LogP contribution in [0.1, 0.15) is 15.2 Å². The van der Waals surface area contributed by atoms with Crippen LogP contribution in [-0.2, 0) is 16.6 Å². The average Bonchev–Trinajstić information content (AvgIpc) is 3.17. The molecule has 3 aromatic rings. The highest BCUT2D eigenvalue weighted by molar-refractivity contribution is 7.91. The molecule has 1 heterocycles. The van der Waals surface area contributed by atoms with Crippen LogP contribution in [0.3, 0.4) is 0 Å². The topological polar surface area (TPSA) is 75.3 Å². The van der Waals surface area contributed by atoms with Gasteiger partial charge in [0.1, 0.15) is 4.21 Å². The lowest BCUT2D eigenvalue weighted by Gasteiger charge is -2.06. The minimum atomic E-state index is -3.44. The van der Waals surface area contributed by atoms with E-state index in [1.165, 1.54) is 13.1 Å². The van der Waals surface area contributed by atoms with Gasteiger partial charge in [0.2, 0.25) is 10.0 Å². The Morgan fingerprint density at radius 2 is 1.58 bits per heavy atom. The Kier molecular flexibility index (Phi) is 5.51. The molecule has 0 fully saturated rings. The van der Waals surface area contributed by atoms with E-state index in [1.54, 1.807) is 18.2 Å². The van der Waals surface area contributed by atoms with Gasteiger partial charge in [-0.25, -0.2) is 13.1 Å². The van der Waals surface area contributed by atoms with E-state index in [0.717, 1.165) is 27.3 Å². The SMILES string of the molecule is CNS(=O)(=O)c1ccc(CNC(=O)c2ccc(-c3ccccc3)cc2)s1. The molecule has 0 aliphatic heterocycles. The predicted octanol–water partition coefficient (Wildman–Crippen LogP) is 3.25. The number of nitrogens with one attached hydrogen (secondary N) is 2. The van der Waals surface area contributed by atoms with E-state index in [-0.39, 0.29) is 16.7 Å². The molecule has 0 unspecified atom stereocenters. The van der Waals surface area contributed by atoms with Gasteiger partial charge >= 0.3 is 0 Å². The van der Waals surface area contributed by atoms with Gasteiger partial charge in [-0.1, -0.05) is 42.5 Å². The van der Waals surface area contributed by atoms with E-state index < -0.39 is 10.0 Å². The van der Waals surface area contributed by atoms with E-state index in [9.17, 15) is 13.2 Å². The maximum atomic E-state index is 12.3. The third kappa shape index (κ3) is 4.19. The summed E-state index contributed by atoms with van der Waals surface area (Å²) in [4.78, 5) is 13.1. The van der Waals surface area contributed by atoms with E-state index in [0.29, 0.717) is 5.56 Å². The molecule has 0 saturated carbocycles. The molecular formula is C19H18N2O3S2. The van der Waals surface area contributed by atoms with E-state index >= 15 is 0 Å². The van der Waals surface area contributed by atoms with Crippen LogP contribution in [0, 0.1) is 0 Å². The molecule has 26 heavy (non-hydrogen) atoms. The molecule has 1 amide bonds. The van der Waals surface area contributed by atoms with Crippen molar-refractivity contribution in [3.8, 4) is 11.1 Å². The number of thiophene rings is 1. The number of sulfonamides is 1. The summed E-state index contributed by atoms with van der Waals surface area (Å²) in [6, 6.07) is 20.6. The molecule has 0 atom stereocenters. The maximum Gasteiger partial charge on any atom is 0.251 e. The van der Waals surface area contributed by atoms with Gasteiger partial charge in [-0.15, -0.1) is 11.3 Å². The fraction of sp³-hybridized carbons (Fsp3) is 0.105. The standard InChI is InChI=1S/C19H18N2O3S2/c1-20-26(23,24)18-12-11-17(25-18)13-21-19(22)16-9-7-15(8-10-16)14-5-3-2-4-6-14/h2-12,20H,13H2,1H3,(H,21,22).